The van der Waals surface area contributed by atoms with E-state index in [2.05, 4.69) is 9.55 Å². The zero-order valence-electron chi connectivity index (χ0n) is 16.6. The first-order valence-corrected chi connectivity index (χ1v) is 10.1. The highest BCUT2D eigenvalue weighted by atomic mass is 16.5. The molecule has 0 spiro atoms. The molecule has 0 saturated heterocycles. The Hall–Kier alpha value is -3.67. The van der Waals surface area contributed by atoms with E-state index in [0.29, 0.717) is 13.0 Å². The summed E-state index contributed by atoms with van der Waals surface area (Å²) in [5.41, 5.74) is 3.79. The molecule has 0 amide bonds. The highest BCUT2D eigenvalue weighted by molar-refractivity contribution is 5.84. The zero-order valence-corrected chi connectivity index (χ0v) is 16.6. The molecule has 2 aromatic heterocycles. The first kappa shape index (κ1) is 19.6. The van der Waals surface area contributed by atoms with Gasteiger partial charge in [0, 0.05) is 24.2 Å². The molecule has 0 bridgehead atoms. The quantitative estimate of drug-likeness (QED) is 0.394. The van der Waals surface area contributed by atoms with Crippen molar-refractivity contribution in [3.05, 3.63) is 73.1 Å². The van der Waals surface area contributed by atoms with Crippen LogP contribution in [0.2, 0.25) is 0 Å². The lowest BCUT2D eigenvalue weighted by Gasteiger charge is -2.10. The lowest BCUT2D eigenvalue weighted by atomic mass is 10.2. The van der Waals surface area contributed by atoms with Gasteiger partial charge in [-0.1, -0.05) is 30.3 Å². The van der Waals surface area contributed by atoms with Crippen molar-refractivity contribution in [2.24, 2.45) is 0 Å². The number of hydrogen-bond acceptors (Lipinski definition) is 4. The molecule has 0 atom stereocenters. The molecular formula is C24H23N3O3. The third kappa shape index (κ3) is 4.49. The van der Waals surface area contributed by atoms with E-state index in [1.54, 1.807) is 6.20 Å². The van der Waals surface area contributed by atoms with Crippen molar-refractivity contribution < 1.29 is 14.6 Å². The van der Waals surface area contributed by atoms with Gasteiger partial charge in [0.05, 0.1) is 29.5 Å². The largest absolute Gasteiger partial charge is 0.494 e. The number of pyridine rings is 1. The van der Waals surface area contributed by atoms with Crippen molar-refractivity contribution in [2.45, 2.75) is 25.7 Å². The average molecular weight is 401 g/mol. The van der Waals surface area contributed by atoms with Gasteiger partial charge >= 0.3 is 5.97 Å². The van der Waals surface area contributed by atoms with Crippen molar-refractivity contribution in [1.82, 2.24) is 14.5 Å². The molecule has 152 valence electrons. The van der Waals surface area contributed by atoms with Crippen LogP contribution >= 0.6 is 0 Å². The van der Waals surface area contributed by atoms with Gasteiger partial charge in [-0.15, -0.1) is 0 Å². The van der Waals surface area contributed by atoms with Crippen LogP contribution in [-0.2, 0) is 4.79 Å². The number of imidazole rings is 1. The number of hydrogen-bond donors (Lipinski definition) is 1. The van der Waals surface area contributed by atoms with E-state index in [0.717, 1.165) is 46.7 Å². The first-order chi connectivity index (χ1) is 14.7. The second-order valence-electron chi connectivity index (χ2n) is 7.05. The molecular weight excluding hydrogens is 378 g/mol. The zero-order chi connectivity index (χ0) is 20.8. The van der Waals surface area contributed by atoms with E-state index < -0.39 is 5.97 Å². The summed E-state index contributed by atoms with van der Waals surface area (Å²) in [4.78, 5) is 19.7. The summed E-state index contributed by atoms with van der Waals surface area (Å²) < 4.78 is 8.02. The summed E-state index contributed by atoms with van der Waals surface area (Å²) >= 11 is 0. The number of fused-ring (bicyclic) bond motifs is 1. The maximum absolute atomic E-state index is 10.6. The van der Waals surface area contributed by atoms with Gasteiger partial charge in [-0.05, 0) is 43.5 Å². The standard InChI is InChI=1S/C24H23N3O3/c28-23(29)11-5-2-6-15-30-20-12-13-21-22(16-20)27(19-10-7-14-25-17-19)24(26-21)18-8-3-1-4-9-18/h1,3-4,7-10,12-14,16-17H,2,5-6,11,15H2,(H,28,29). The van der Waals surface area contributed by atoms with Gasteiger partial charge in [0.15, 0.2) is 0 Å². The molecule has 4 rings (SSSR count). The Labute approximate surface area is 174 Å². The van der Waals surface area contributed by atoms with Crippen molar-refractivity contribution >= 4 is 17.0 Å². The van der Waals surface area contributed by atoms with Gasteiger partial charge in [0.25, 0.3) is 0 Å². The minimum absolute atomic E-state index is 0.207. The molecule has 30 heavy (non-hydrogen) atoms. The number of unbranched alkanes of at least 4 members (excludes halogenated alkanes) is 2. The van der Waals surface area contributed by atoms with Crippen molar-refractivity contribution in [2.75, 3.05) is 6.61 Å². The monoisotopic (exact) mass is 401 g/mol. The third-order valence-electron chi connectivity index (χ3n) is 4.87. The number of rotatable bonds is 9. The highest BCUT2D eigenvalue weighted by Gasteiger charge is 2.15. The van der Waals surface area contributed by atoms with Gasteiger partial charge in [-0.3, -0.25) is 14.3 Å². The third-order valence-corrected chi connectivity index (χ3v) is 4.87. The molecule has 1 N–H and O–H groups in total. The van der Waals surface area contributed by atoms with E-state index in [9.17, 15) is 4.79 Å². The summed E-state index contributed by atoms with van der Waals surface area (Å²) in [7, 11) is 0. The number of carboxylic acid groups (broad SMARTS) is 1. The molecule has 0 saturated carbocycles. The van der Waals surface area contributed by atoms with Crippen LogP contribution in [0.1, 0.15) is 25.7 Å². The topological polar surface area (TPSA) is 77.2 Å². The normalized spacial score (nSPS) is 10.9. The number of ether oxygens (including phenoxy) is 1. The van der Waals surface area contributed by atoms with Gasteiger partial charge < -0.3 is 9.84 Å². The minimum atomic E-state index is -0.751. The fourth-order valence-corrected chi connectivity index (χ4v) is 3.42. The van der Waals surface area contributed by atoms with Crippen LogP contribution in [0.3, 0.4) is 0 Å². The second-order valence-corrected chi connectivity index (χ2v) is 7.05. The fourth-order valence-electron chi connectivity index (χ4n) is 3.42. The van der Waals surface area contributed by atoms with E-state index in [1.165, 1.54) is 0 Å². The lowest BCUT2D eigenvalue weighted by molar-refractivity contribution is -0.137. The molecule has 0 aliphatic carbocycles. The summed E-state index contributed by atoms with van der Waals surface area (Å²) in [6, 6.07) is 19.9. The molecule has 0 fully saturated rings. The fraction of sp³-hybridized carbons (Fsp3) is 0.208. The van der Waals surface area contributed by atoms with E-state index in [1.807, 2.05) is 66.9 Å². The predicted octanol–water partition coefficient (Wildman–Crippen LogP) is 5.11. The number of carbonyl (C=O) groups is 1. The molecule has 2 aromatic carbocycles. The van der Waals surface area contributed by atoms with Crippen molar-refractivity contribution in [1.29, 1.82) is 0 Å². The molecule has 0 aliphatic rings. The maximum Gasteiger partial charge on any atom is 0.303 e. The van der Waals surface area contributed by atoms with Crippen LogP contribution in [-0.4, -0.2) is 32.2 Å². The summed E-state index contributed by atoms with van der Waals surface area (Å²) in [5.74, 6) is 0.870. The molecule has 4 aromatic rings. The Balaban J connectivity index is 1.62. The number of nitrogens with zero attached hydrogens (tertiary/aromatic N) is 3. The Kier molecular flexibility index (Phi) is 6.03. The molecule has 6 nitrogen and oxygen atoms in total. The number of benzene rings is 2. The van der Waals surface area contributed by atoms with Crippen LogP contribution in [0, 0.1) is 0 Å². The molecule has 0 radical (unpaired) electrons. The Morgan fingerprint density at radius 3 is 2.63 bits per heavy atom. The van der Waals surface area contributed by atoms with Crippen molar-refractivity contribution in [3.8, 4) is 22.8 Å². The van der Waals surface area contributed by atoms with Gasteiger partial charge in [0.2, 0.25) is 0 Å². The van der Waals surface area contributed by atoms with Crippen LogP contribution in [0.25, 0.3) is 28.1 Å². The van der Waals surface area contributed by atoms with Crippen molar-refractivity contribution in [3.63, 3.8) is 0 Å². The van der Waals surface area contributed by atoms with Gasteiger partial charge in [-0.2, -0.15) is 0 Å². The van der Waals surface area contributed by atoms with E-state index in [4.69, 9.17) is 14.8 Å². The van der Waals surface area contributed by atoms with Crippen LogP contribution in [0.15, 0.2) is 73.1 Å². The smallest absolute Gasteiger partial charge is 0.303 e. The van der Waals surface area contributed by atoms with E-state index >= 15 is 0 Å². The highest BCUT2D eigenvalue weighted by Crippen LogP contribution is 2.30. The molecule has 6 heteroatoms. The number of carboxylic acids is 1. The first-order valence-electron chi connectivity index (χ1n) is 10.1. The second kappa shape index (κ2) is 9.22. The molecule has 0 aliphatic heterocycles. The minimum Gasteiger partial charge on any atom is -0.494 e. The maximum atomic E-state index is 10.6. The van der Waals surface area contributed by atoms with Gasteiger partial charge in [0.1, 0.15) is 11.6 Å². The number of aromatic nitrogens is 3. The van der Waals surface area contributed by atoms with Crippen LogP contribution < -0.4 is 4.74 Å². The summed E-state index contributed by atoms with van der Waals surface area (Å²) in [6.07, 6.45) is 6.11. The Morgan fingerprint density at radius 1 is 1.00 bits per heavy atom. The summed E-state index contributed by atoms with van der Waals surface area (Å²) in [5, 5.41) is 8.71. The van der Waals surface area contributed by atoms with Gasteiger partial charge in [-0.25, -0.2) is 4.98 Å². The van der Waals surface area contributed by atoms with Crippen LogP contribution in [0.4, 0.5) is 0 Å². The van der Waals surface area contributed by atoms with E-state index in [-0.39, 0.29) is 6.42 Å². The molecule has 2 heterocycles. The SMILES string of the molecule is O=C(O)CCCCCOc1ccc2nc(-c3ccccc3)n(-c3cccnc3)c2c1. The Morgan fingerprint density at radius 2 is 1.87 bits per heavy atom. The molecule has 0 unspecified atom stereocenters. The summed E-state index contributed by atoms with van der Waals surface area (Å²) in [6.45, 7) is 0.553. The number of aliphatic carboxylic acids is 1. The predicted molar refractivity (Wildman–Crippen MR) is 116 cm³/mol. The lowest BCUT2D eigenvalue weighted by Crippen LogP contribution is -2.00. The van der Waals surface area contributed by atoms with Crippen LogP contribution in [0.5, 0.6) is 5.75 Å². The average Bonchev–Trinajstić information content (AvgIpc) is 3.16. The Bertz CT molecular complexity index is 1120.